The van der Waals surface area contributed by atoms with E-state index < -0.39 is 17.3 Å². The highest BCUT2D eigenvalue weighted by Gasteiger charge is 2.40. The molecular formula is C3H4NO5. The Morgan fingerprint density at radius 2 is 2.22 bits per heavy atom. The monoisotopic (exact) mass is 134 g/mol. The van der Waals surface area contributed by atoms with Gasteiger partial charge in [-0.2, -0.15) is 0 Å². The van der Waals surface area contributed by atoms with Gasteiger partial charge in [-0.05, 0) is 0 Å². The molecule has 0 aliphatic rings. The second-order valence-electron chi connectivity index (χ2n) is 1.33. The van der Waals surface area contributed by atoms with Crippen LogP contribution in [-0.2, 0) is 4.79 Å². The predicted octanol–water partition coefficient (Wildman–Crippen LogP) is -1.95. The summed E-state index contributed by atoms with van der Waals surface area (Å²) in [6, 6.07) is 0. The maximum atomic E-state index is 9.62. The molecule has 0 heterocycles. The van der Waals surface area contributed by atoms with Gasteiger partial charge in [-0.1, -0.05) is 0 Å². The van der Waals surface area contributed by atoms with Gasteiger partial charge in [-0.15, -0.1) is 0 Å². The molecule has 0 amide bonds. The fourth-order valence-electron chi connectivity index (χ4n) is 0.127. The molecule has 1 atom stereocenters. The molecule has 0 aromatic rings. The molecule has 6 nitrogen and oxygen atoms in total. The number of rotatable bonds is 3. The summed E-state index contributed by atoms with van der Waals surface area (Å²) in [6.45, 7) is -1.26. The fourth-order valence-corrected chi connectivity index (χ4v) is 0.127. The van der Waals surface area contributed by atoms with Gasteiger partial charge in [-0.3, -0.25) is 14.9 Å². The Morgan fingerprint density at radius 1 is 1.78 bits per heavy atom. The van der Waals surface area contributed by atoms with Gasteiger partial charge in [0.15, 0.2) is 0 Å². The van der Waals surface area contributed by atoms with Gasteiger partial charge in [0.25, 0.3) is 0 Å². The average molecular weight is 134 g/mol. The quantitative estimate of drug-likeness (QED) is 0.265. The Labute approximate surface area is 49.9 Å². The Morgan fingerprint density at radius 3 is 2.22 bits per heavy atom. The molecule has 1 radical (unpaired) electrons. The van der Waals surface area contributed by atoms with Crippen molar-refractivity contribution in [2.75, 3.05) is 6.61 Å². The molecule has 2 N–H and O–H groups in total. The third-order valence-electron chi connectivity index (χ3n) is 0.686. The zero-order chi connectivity index (χ0) is 7.49. The first-order valence-corrected chi connectivity index (χ1v) is 1.94. The molecule has 0 bridgehead atoms. The maximum absolute atomic E-state index is 9.62. The van der Waals surface area contributed by atoms with Gasteiger partial charge < -0.3 is 10.2 Å². The maximum Gasteiger partial charge on any atom is 0.412 e. The van der Waals surface area contributed by atoms with Crippen LogP contribution in [0.3, 0.4) is 0 Å². The van der Waals surface area contributed by atoms with Crippen molar-refractivity contribution in [1.82, 2.24) is 0 Å². The minimum absolute atomic E-state index is 0.684. The van der Waals surface area contributed by atoms with Crippen molar-refractivity contribution < 1.29 is 19.9 Å². The summed E-state index contributed by atoms with van der Waals surface area (Å²) in [6.07, 6.45) is 0.684. The van der Waals surface area contributed by atoms with Crippen molar-refractivity contribution in [3.63, 3.8) is 0 Å². The molecule has 6 heteroatoms. The first-order valence-electron chi connectivity index (χ1n) is 1.94. The largest absolute Gasteiger partial charge is 0.412 e. The van der Waals surface area contributed by atoms with E-state index in [1.165, 1.54) is 0 Å². The van der Waals surface area contributed by atoms with Gasteiger partial charge in [0.05, 0.1) is 4.92 Å². The predicted molar refractivity (Wildman–Crippen MR) is 24.7 cm³/mol. The zero-order valence-corrected chi connectivity index (χ0v) is 4.27. The van der Waals surface area contributed by atoms with Gasteiger partial charge >= 0.3 is 12.0 Å². The van der Waals surface area contributed by atoms with E-state index >= 15 is 0 Å². The van der Waals surface area contributed by atoms with E-state index in [0.717, 1.165) is 0 Å². The van der Waals surface area contributed by atoms with Gasteiger partial charge in [0.2, 0.25) is 0 Å². The van der Waals surface area contributed by atoms with E-state index in [1.54, 1.807) is 0 Å². The molecule has 0 saturated carbocycles. The molecule has 0 fully saturated rings. The lowest BCUT2D eigenvalue weighted by Gasteiger charge is -2.05. The minimum Gasteiger partial charge on any atom is -0.385 e. The zero-order valence-electron chi connectivity index (χ0n) is 4.27. The van der Waals surface area contributed by atoms with Gasteiger partial charge in [0, 0.05) is 0 Å². The normalized spacial score (nSPS) is 16.2. The third kappa shape index (κ3) is 1.44. The SMILES string of the molecule is O=[C]C(O)(CO)[N+](=O)[O-]. The third-order valence-corrected chi connectivity index (χ3v) is 0.686. The lowest BCUT2D eigenvalue weighted by molar-refractivity contribution is -0.601. The Bertz CT molecular complexity index is 134. The van der Waals surface area contributed by atoms with E-state index in [4.69, 9.17) is 10.2 Å². The van der Waals surface area contributed by atoms with Gasteiger partial charge in [0.1, 0.15) is 6.61 Å². The number of aliphatic hydroxyl groups excluding tert-OH is 1. The number of aliphatic hydroxyl groups is 2. The molecule has 51 valence electrons. The highest BCUT2D eigenvalue weighted by atomic mass is 16.7. The standard InChI is InChI=1S/C3H4NO5/c5-1-3(7,2-6)4(8)9/h5,7H,1H2. The Balaban J connectivity index is 4.27. The van der Waals surface area contributed by atoms with Crippen LogP contribution in [0.1, 0.15) is 0 Å². The number of hydrogen-bond acceptors (Lipinski definition) is 5. The van der Waals surface area contributed by atoms with Crippen LogP contribution in [0, 0.1) is 10.1 Å². The van der Waals surface area contributed by atoms with Crippen LogP contribution in [0.25, 0.3) is 0 Å². The molecule has 0 aromatic carbocycles. The van der Waals surface area contributed by atoms with Crippen molar-refractivity contribution in [1.29, 1.82) is 0 Å². The molecule has 0 saturated heterocycles. The van der Waals surface area contributed by atoms with Crippen LogP contribution in [0.4, 0.5) is 0 Å². The van der Waals surface area contributed by atoms with Crippen molar-refractivity contribution in [2.45, 2.75) is 5.72 Å². The first kappa shape index (κ1) is 7.99. The molecule has 0 aliphatic carbocycles. The highest BCUT2D eigenvalue weighted by Crippen LogP contribution is 1.97. The summed E-state index contributed by atoms with van der Waals surface area (Å²) in [4.78, 5) is 17.8. The van der Waals surface area contributed by atoms with Crippen LogP contribution in [0.5, 0.6) is 0 Å². The Hall–Kier alpha value is -1.01. The molecule has 0 rings (SSSR count). The van der Waals surface area contributed by atoms with E-state index in [9.17, 15) is 14.9 Å². The number of carbonyl (C=O) groups excluding carboxylic acids is 1. The first-order chi connectivity index (χ1) is 4.06. The molecule has 0 aromatic heterocycles. The van der Waals surface area contributed by atoms with Crippen LogP contribution in [-0.4, -0.2) is 33.8 Å². The Kier molecular flexibility index (Phi) is 2.23. The van der Waals surface area contributed by atoms with E-state index in [1.807, 2.05) is 0 Å². The summed E-state index contributed by atoms with van der Waals surface area (Å²) in [5.41, 5.74) is -2.94. The molecule has 0 aliphatic heterocycles. The lowest BCUT2D eigenvalue weighted by atomic mass is 10.3. The second-order valence-corrected chi connectivity index (χ2v) is 1.33. The second kappa shape index (κ2) is 2.51. The summed E-state index contributed by atoms with van der Waals surface area (Å²) < 4.78 is 0. The highest BCUT2D eigenvalue weighted by molar-refractivity contribution is 5.60. The summed E-state index contributed by atoms with van der Waals surface area (Å²) in [7, 11) is 0. The van der Waals surface area contributed by atoms with Crippen LogP contribution in [0.2, 0.25) is 0 Å². The molecule has 0 spiro atoms. The van der Waals surface area contributed by atoms with Crippen LogP contribution < -0.4 is 0 Å². The lowest BCUT2D eigenvalue weighted by Crippen LogP contribution is -2.43. The molecule has 1 unspecified atom stereocenters. The van der Waals surface area contributed by atoms with Crippen LogP contribution in [0.15, 0.2) is 0 Å². The van der Waals surface area contributed by atoms with Crippen molar-refractivity contribution in [2.24, 2.45) is 0 Å². The molecule has 9 heavy (non-hydrogen) atoms. The fraction of sp³-hybridized carbons (Fsp3) is 0.667. The average Bonchev–Trinajstić information content (AvgIpc) is 1.86. The van der Waals surface area contributed by atoms with Gasteiger partial charge in [-0.25, -0.2) is 0 Å². The minimum atomic E-state index is -2.94. The topological polar surface area (TPSA) is 101 Å². The number of nitro groups is 1. The smallest absolute Gasteiger partial charge is 0.385 e. The van der Waals surface area contributed by atoms with Crippen molar-refractivity contribution in [3.05, 3.63) is 10.1 Å². The summed E-state index contributed by atoms with van der Waals surface area (Å²) in [5, 5.41) is 26.0. The van der Waals surface area contributed by atoms with Crippen LogP contribution >= 0.6 is 0 Å². The van der Waals surface area contributed by atoms with E-state index in [-0.39, 0.29) is 0 Å². The molecular weight excluding hydrogens is 130 g/mol. The summed E-state index contributed by atoms with van der Waals surface area (Å²) in [5.74, 6) is 0. The van der Waals surface area contributed by atoms with E-state index in [2.05, 4.69) is 0 Å². The number of nitrogens with zero attached hydrogens (tertiary/aromatic N) is 1. The van der Waals surface area contributed by atoms with E-state index in [0.29, 0.717) is 6.29 Å². The van der Waals surface area contributed by atoms with Crippen molar-refractivity contribution in [3.8, 4) is 0 Å². The van der Waals surface area contributed by atoms with Crippen molar-refractivity contribution >= 4 is 6.29 Å². The summed E-state index contributed by atoms with van der Waals surface area (Å²) >= 11 is 0. The number of hydrogen-bond donors (Lipinski definition) is 2.